The van der Waals surface area contributed by atoms with Gasteiger partial charge in [0.05, 0.1) is 0 Å². The molecule has 0 spiro atoms. The Morgan fingerprint density at radius 1 is 1.12 bits per heavy atom. The molecule has 0 bridgehead atoms. The normalized spacial score (nSPS) is 14.7. The van der Waals surface area contributed by atoms with Crippen LogP contribution in [-0.2, 0) is 0 Å². The minimum absolute atomic E-state index is 0.512. The number of rotatable bonds is 7. The maximum absolute atomic E-state index is 3.44. The quantitative estimate of drug-likeness (QED) is 0.726. The second-order valence-electron chi connectivity index (χ2n) is 4.55. The van der Waals surface area contributed by atoms with Crippen molar-refractivity contribution >= 4 is 0 Å². The summed E-state index contributed by atoms with van der Waals surface area (Å²) < 4.78 is 0. The summed E-state index contributed by atoms with van der Waals surface area (Å²) in [5.41, 5.74) is 1.42. The van der Waals surface area contributed by atoms with Crippen molar-refractivity contribution in [1.82, 2.24) is 5.32 Å². The van der Waals surface area contributed by atoms with E-state index in [1.807, 2.05) is 0 Å². The molecular weight excluding hydrogens is 194 g/mol. The Kier molecular flexibility index (Phi) is 6.17. The van der Waals surface area contributed by atoms with Crippen molar-refractivity contribution in [2.75, 3.05) is 7.05 Å². The van der Waals surface area contributed by atoms with Gasteiger partial charge >= 0.3 is 0 Å². The van der Waals surface area contributed by atoms with Gasteiger partial charge in [-0.3, -0.25) is 0 Å². The fourth-order valence-corrected chi connectivity index (χ4v) is 2.34. The van der Waals surface area contributed by atoms with E-state index < -0.39 is 0 Å². The van der Waals surface area contributed by atoms with Crippen LogP contribution in [0.3, 0.4) is 0 Å². The van der Waals surface area contributed by atoms with E-state index in [0.29, 0.717) is 6.04 Å². The average Bonchev–Trinajstić information content (AvgIpc) is 2.35. The Bertz CT molecular complexity index is 268. The molecule has 0 aliphatic heterocycles. The molecule has 1 nitrogen and oxygen atoms in total. The minimum atomic E-state index is 0.512. The van der Waals surface area contributed by atoms with Crippen LogP contribution in [0.25, 0.3) is 0 Å². The van der Waals surface area contributed by atoms with Crippen LogP contribution in [0.5, 0.6) is 0 Å². The molecule has 1 rings (SSSR count). The molecule has 0 amide bonds. The zero-order valence-electron chi connectivity index (χ0n) is 10.9. The van der Waals surface area contributed by atoms with Gasteiger partial charge in [0.15, 0.2) is 0 Å². The van der Waals surface area contributed by atoms with E-state index in [-0.39, 0.29) is 0 Å². The summed E-state index contributed by atoms with van der Waals surface area (Å²) in [5.74, 6) is 0.850. The van der Waals surface area contributed by atoms with Crippen LogP contribution in [0, 0.1) is 5.92 Å². The Labute approximate surface area is 100 Å². The number of hydrogen-bond donors (Lipinski definition) is 1. The summed E-state index contributed by atoms with van der Waals surface area (Å²) in [6.07, 6.45) is 5.19. The van der Waals surface area contributed by atoms with Crippen LogP contribution in [0.4, 0.5) is 0 Å². The van der Waals surface area contributed by atoms with Crippen molar-refractivity contribution < 1.29 is 0 Å². The van der Waals surface area contributed by atoms with Crippen molar-refractivity contribution in [3.05, 3.63) is 35.9 Å². The van der Waals surface area contributed by atoms with Gasteiger partial charge in [0, 0.05) is 6.04 Å². The highest BCUT2D eigenvalue weighted by atomic mass is 14.9. The van der Waals surface area contributed by atoms with E-state index in [9.17, 15) is 0 Å². The summed E-state index contributed by atoms with van der Waals surface area (Å²) in [5, 5.41) is 3.44. The number of nitrogens with one attached hydrogen (secondary N) is 1. The smallest absolute Gasteiger partial charge is 0.0320 e. The summed E-state index contributed by atoms with van der Waals surface area (Å²) in [7, 11) is 2.07. The highest BCUT2D eigenvalue weighted by molar-refractivity contribution is 5.18. The molecule has 0 fully saturated rings. The van der Waals surface area contributed by atoms with Gasteiger partial charge in [-0.05, 0) is 24.9 Å². The molecule has 0 aromatic heterocycles. The van der Waals surface area contributed by atoms with E-state index in [4.69, 9.17) is 0 Å². The van der Waals surface area contributed by atoms with E-state index in [2.05, 4.69) is 56.5 Å². The van der Waals surface area contributed by atoms with Gasteiger partial charge in [-0.25, -0.2) is 0 Å². The second kappa shape index (κ2) is 7.45. The van der Waals surface area contributed by atoms with Crippen molar-refractivity contribution in [2.45, 2.75) is 45.6 Å². The first-order chi connectivity index (χ1) is 7.81. The first kappa shape index (κ1) is 13.2. The Hall–Kier alpha value is -0.820. The maximum atomic E-state index is 3.44. The molecule has 0 radical (unpaired) electrons. The van der Waals surface area contributed by atoms with Gasteiger partial charge < -0.3 is 5.32 Å². The third-order valence-corrected chi connectivity index (χ3v) is 3.39. The summed E-state index contributed by atoms with van der Waals surface area (Å²) in [4.78, 5) is 0. The molecule has 0 aliphatic rings. The highest BCUT2D eigenvalue weighted by Crippen LogP contribution is 2.25. The lowest BCUT2D eigenvalue weighted by molar-refractivity contribution is 0.371. The van der Waals surface area contributed by atoms with Crippen LogP contribution in [0.2, 0.25) is 0 Å². The second-order valence-corrected chi connectivity index (χ2v) is 4.55. The Morgan fingerprint density at radius 2 is 1.81 bits per heavy atom. The standard InChI is InChI=1S/C15H25N/c1-4-9-13(5-2)12-15(16-3)14-10-7-6-8-11-14/h6-8,10-11,13,15-16H,4-5,9,12H2,1-3H3. The number of hydrogen-bond acceptors (Lipinski definition) is 1. The van der Waals surface area contributed by atoms with Crippen LogP contribution >= 0.6 is 0 Å². The Balaban J connectivity index is 2.61. The summed E-state index contributed by atoms with van der Waals surface area (Å²) >= 11 is 0. The molecule has 0 aliphatic carbocycles. The third-order valence-electron chi connectivity index (χ3n) is 3.39. The van der Waals surface area contributed by atoms with Crippen molar-refractivity contribution in [1.29, 1.82) is 0 Å². The van der Waals surface area contributed by atoms with E-state index in [1.165, 1.54) is 31.2 Å². The predicted molar refractivity (Wildman–Crippen MR) is 71.5 cm³/mol. The van der Waals surface area contributed by atoms with Gasteiger partial charge in [0.2, 0.25) is 0 Å². The van der Waals surface area contributed by atoms with Gasteiger partial charge in [0.25, 0.3) is 0 Å². The molecule has 1 aromatic rings. The van der Waals surface area contributed by atoms with Crippen LogP contribution in [0.15, 0.2) is 30.3 Å². The lowest BCUT2D eigenvalue weighted by Crippen LogP contribution is -2.19. The molecule has 16 heavy (non-hydrogen) atoms. The van der Waals surface area contributed by atoms with E-state index in [0.717, 1.165) is 5.92 Å². The molecule has 2 atom stereocenters. The zero-order chi connectivity index (χ0) is 11.8. The topological polar surface area (TPSA) is 12.0 Å². The highest BCUT2D eigenvalue weighted by Gasteiger charge is 2.14. The van der Waals surface area contributed by atoms with Crippen LogP contribution in [0.1, 0.15) is 51.1 Å². The molecule has 2 unspecified atom stereocenters. The molecule has 0 saturated carbocycles. The predicted octanol–water partition coefficient (Wildman–Crippen LogP) is 4.16. The van der Waals surface area contributed by atoms with Gasteiger partial charge in [-0.2, -0.15) is 0 Å². The lowest BCUT2D eigenvalue weighted by atomic mass is 9.90. The van der Waals surface area contributed by atoms with E-state index in [1.54, 1.807) is 0 Å². The summed E-state index contributed by atoms with van der Waals surface area (Å²) in [6.45, 7) is 4.58. The van der Waals surface area contributed by atoms with Crippen molar-refractivity contribution in [2.24, 2.45) is 5.92 Å². The maximum Gasteiger partial charge on any atom is 0.0320 e. The molecule has 0 saturated heterocycles. The first-order valence-corrected chi connectivity index (χ1v) is 6.54. The van der Waals surface area contributed by atoms with Gasteiger partial charge in [0.1, 0.15) is 0 Å². The Morgan fingerprint density at radius 3 is 2.31 bits per heavy atom. The largest absolute Gasteiger partial charge is 0.313 e. The van der Waals surface area contributed by atoms with Gasteiger partial charge in [-0.15, -0.1) is 0 Å². The molecule has 90 valence electrons. The fourth-order valence-electron chi connectivity index (χ4n) is 2.34. The van der Waals surface area contributed by atoms with Crippen LogP contribution < -0.4 is 5.32 Å². The van der Waals surface area contributed by atoms with Gasteiger partial charge in [-0.1, -0.05) is 63.4 Å². The first-order valence-electron chi connectivity index (χ1n) is 6.54. The molecular formula is C15H25N. The minimum Gasteiger partial charge on any atom is -0.313 e. The SMILES string of the molecule is CCCC(CC)CC(NC)c1ccccc1. The molecule has 0 heterocycles. The molecule has 1 heteroatoms. The summed E-state index contributed by atoms with van der Waals surface area (Å²) in [6, 6.07) is 11.3. The fraction of sp³-hybridized carbons (Fsp3) is 0.600. The van der Waals surface area contributed by atoms with Crippen molar-refractivity contribution in [3.63, 3.8) is 0 Å². The van der Waals surface area contributed by atoms with Crippen LogP contribution in [-0.4, -0.2) is 7.05 Å². The third kappa shape index (κ3) is 3.97. The monoisotopic (exact) mass is 219 g/mol. The molecule has 1 aromatic carbocycles. The number of benzene rings is 1. The molecule has 1 N–H and O–H groups in total. The lowest BCUT2D eigenvalue weighted by Gasteiger charge is -2.22. The zero-order valence-corrected chi connectivity index (χ0v) is 10.9. The van der Waals surface area contributed by atoms with E-state index >= 15 is 0 Å². The average molecular weight is 219 g/mol. The van der Waals surface area contributed by atoms with Crippen molar-refractivity contribution in [3.8, 4) is 0 Å².